The number of hydrogen-bond acceptors (Lipinski definition) is 5. The van der Waals surface area contributed by atoms with Crippen molar-refractivity contribution in [2.24, 2.45) is 0 Å². The van der Waals surface area contributed by atoms with E-state index in [1.807, 2.05) is 25.1 Å². The lowest BCUT2D eigenvalue weighted by Crippen LogP contribution is -2.34. The molecular weight excluding hydrogens is 509 g/mol. The fraction of sp³-hybridized carbons (Fsp3) is 0.240. The molecule has 1 N–H and O–H groups in total. The number of nitrogens with one attached hydrogen (secondary N) is 1. The zero-order chi connectivity index (χ0) is 25.6. The third kappa shape index (κ3) is 6.74. The maximum absolute atomic E-state index is 13.5. The molecule has 0 aliphatic carbocycles. The number of rotatable bonds is 10. The van der Waals surface area contributed by atoms with E-state index in [1.54, 1.807) is 48.5 Å². The number of sulfonamides is 1. The lowest BCUT2D eigenvalue weighted by Gasteiger charge is -2.26. The third-order valence-electron chi connectivity index (χ3n) is 5.26. The van der Waals surface area contributed by atoms with Crippen LogP contribution in [0.2, 0.25) is 10.0 Å². The molecule has 0 spiro atoms. The predicted octanol–water partition coefficient (Wildman–Crippen LogP) is 5.15. The van der Waals surface area contributed by atoms with Gasteiger partial charge in [0.25, 0.3) is 5.91 Å². The van der Waals surface area contributed by atoms with Crippen LogP contribution in [0, 0.1) is 0 Å². The summed E-state index contributed by atoms with van der Waals surface area (Å²) in [6.07, 6.45) is 0. The summed E-state index contributed by atoms with van der Waals surface area (Å²) in [5, 5.41) is 3.52. The van der Waals surface area contributed by atoms with Crippen LogP contribution in [0.15, 0.2) is 71.6 Å². The van der Waals surface area contributed by atoms with Crippen LogP contribution in [0.3, 0.4) is 0 Å². The molecule has 0 unspecified atom stereocenters. The molecule has 0 aliphatic rings. The largest absolute Gasteiger partial charge is 0.383 e. The standard InChI is InChI=1S/C25H27Cl2N3O4S/c1-29(2)24-12-11-20(28-25(31)22-9-4-5-10-23(22)27)15-18(24)17-30(13-14-34-3)35(32,33)21-8-6-7-19(26)16-21/h4-12,15-16H,13-14,17H2,1-3H3,(H,28,31). The first kappa shape index (κ1) is 27.0. The van der Waals surface area contributed by atoms with Crippen LogP contribution in [0.4, 0.5) is 11.4 Å². The summed E-state index contributed by atoms with van der Waals surface area (Å²) in [7, 11) is 1.37. The number of benzene rings is 3. The number of amides is 1. The number of nitrogens with zero attached hydrogens (tertiary/aromatic N) is 2. The number of carbonyl (C=O) groups is 1. The molecule has 3 aromatic rings. The highest BCUT2D eigenvalue weighted by atomic mass is 35.5. The molecule has 186 valence electrons. The number of carbonyl (C=O) groups excluding carboxylic acids is 1. The Morgan fingerprint density at radius 2 is 1.74 bits per heavy atom. The summed E-state index contributed by atoms with van der Waals surface area (Å²) in [6.45, 7) is 0.399. The molecule has 3 rings (SSSR count). The molecule has 1 amide bonds. The molecule has 7 nitrogen and oxygen atoms in total. The average molecular weight is 536 g/mol. The summed E-state index contributed by atoms with van der Waals surface area (Å²) < 4.78 is 33.5. The number of halogens is 2. The number of anilines is 2. The van der Waals surface area contributed by atoms with Gasteiger partial charge >= 0.3 is 0 Å². The lowest BCUT2D eigenvalue weighted by molar-refractivity contribution is 0.102. The van der Waals surface area contributed by atoms with Gasteiger partial charge in [-0.15, -0.1) is 0 Å². The van der Waals surface area contributed by atoms with Gasteiger partial charge in [0.2, 0.25) is 10.0 Å². The average Bonchev–Trinajstić information content (AvgIpc) is 2.81. The Balaban J connectivity index is 1.96. The van der Waals surface area contributed by atoms with Gasteiger partial charge in [-0.1, -0.05) is 41.4 Å². The Morgan fingerprint density at radius 1 is 1.00 bits per heavy atom. The topological polar surface area (TPSA) is 79.0 Å². The predicted molar refractivity (Wildman–Crippen MR) is 141 cm³/mol. The van der Waals surface area contributed by atoms with Gasteiger partial charge < -0.3 is 15.0 Å². The zero-order valence-corrected chi connectivity index (χ0v) is 22.0. The smallest absolute Gasteiger partial charge is 0.257 e. The molecule has 0 atom stereocenters. The van der Waals surface area contributed by atoms with Gasteiger partial charge in [0.1, 0.15) is 0 Å². The van der Waals surface area contributed by atoms with Crippen LogP contribution < -0.4 is 10.2 Å². The Bertz CT molecular complexity index is 1300. The first-order chi connectivity index (χ1) is 16.6. The normalized spacial score (nSPS) is 11.5. The van der Waals surface area contributed by atoms with E-state index >= 15 is 0 Å². The van der Waals surface area contributed by atoms with E-state index < -0.39 is 10.0 Å². The van der Waals surface area contributed by atoms with Gasteiger partial charge in [0.05, 0.1) is 22.1 Å². The molecule has 0 fully saturated rings. The molecule has 0 saturated heterocycles. The number of methoxy groups -OCH3 is 1. The van der Waals surface area contributed by atoms with E-state index in [9.17, 15) is 13.2 Å². The highest BCUT2D eigenvalue weighted by molar-refractivity contribution is 7.89. The maximum Gasteiger partial charge on any atom is 0.257 e. The second kappa shape index (κ2) is 11.9. The molecule has 0 heterocycles. The van der Waals surface area contributed by atoms with Crippen LogP contribution in [0.25, 0.3) is 0 Å². The van der Waals surface area contributed by atoms with Gasteiger partial charge in [0.15, 0.2) is 0 Å². The molecule has 0 aromatic heterocycles. The molecular formula is C25H27Cl2N3O4S. The summed E-state index contributed by atoms with van der Waals surface area (Å²) in [4.78, 5) is 14.7. The van der Waals surface area contributed by atoms with E-state index in [2.05, 4.69) is 5.32 Å². The fourth-order valence-electron chi connectivity index (χ4n) is 3.51. The second-order valence-electron chi connectivity index (χ2n) is 7.96. The van der Waals surface area contributed by atoms with Gasteiger partial charge in [0, 0.05) is 50.7 Å². The van der Waals surface area contributed by atoms with Gasteiger partial charge in [-0.3, -0.25) is 4.79 Å². The van der Waals surface area contributed by atoms with E-state index in [1.165, 1.54) is 23.5 Å². The second-order valence-corrected chi connectivity index (χ2v) is 10.7. The molecule has 0 saturated carbocycles. The number of hydrogen-bond donors (Lipinski definition) is 1. The summed E-state index contributed by atoms with van der Waals surface area (Å²) in [5.41, 5.74) is 2.37. The Morgan fingerprint density at radius 3 is 2.40 bits per heavy atom. The SMILES string of the molecule is COCCN(Cc1cc(NC(=O)c2ccccc2Cl)ccc1N(C)C)S(=O)(=O)c1cccc(Cl)c1. The van der Waals surface area contributed by atoms with Crippen molar-refractivity contribution in [1.82, 2.24) is 4.31 Å². The van der Waals surface area contributed by atoms with Crippen molar-refractivity contribution in [3.63, 3.8) is 0 Å². The van der Waals surface area contributed by atoms with Crippen molar-refractivity contribution in [3.8, 4) is 0 Å². The third-order valence-corrected chi connectivity index (χ3v) is 7.67. The summed E-state index contributed by atoms with van der Waals surface area (Å²) >= 11 is 12.2. The first-order valence-corrected chi connectivity index (χ1v) is 12.9. The monoisotopic (exact) mass is 535 g/mol. The fourth-order valence-corrected chi connectivity index (χ4v) is 5.44. The van der Waals surface area contributed by atoms with Crippen molar-refractivity contribution in [2.75, 3.05) is 44.6 Å². The first-order valence-electron chi connectivity index (χ1n) is 10.7. The molecule has 35 heavy (non-hydrogen) atoms. The van der Waals surface area contributed by atoms with Crippen molar-refractivity contribution in [3.05, 3.63) is 87.9 Å². The molecule has 0 radical (unpaired) electrons. The van der Waals surface area contributed by atoms with Crippen LogP contribution in [0.5, 0.6) is 0 Å². The summed E-state index contributed by atoms with van der Waals surface area (Å²) in [6, 6.07) is 18.3. The van der Waals surface area contributed by atoms with E-state index in [4.69, 9.17) is 27.9 Å². The molecule has 0 aliphatic heterocycles. The van der Waals surface area contributed by atoms with Crippen molar-refractivity contribution >= 4 is 50.5 Å². The molecule has 0 bridgehead atoms. The Kier molecular flexibility index (Phi) is 9.15. The van der Waals surface area contributed by atoms with Gasteiger partial charge in [-0.2, -0.15) is 4.31 Å². The Labute approximate surface area is 216 Å². The van der Waals surface area contributed by atoms with Crippen molar-refractivity contribution in [1.29, 1.82) is 0 Å². The number of ether oxygens (including phenoxy) is 1. The van der Waals surface area contributed by atoms with Crippen LogP contribution in [-0.2, 0) is 21.3 Å². The maximum atomic E-state index is 13.5. The lowest BCUT2D eigenvalue weighted by atomic mass is 10.1. The Hall–Kier alpha value is -2.62. The zero-order valence-electron chi connectivity index (χ0n) is 19.7. The van der Waals surface area contributed by atoms with Crippen LogP contribution in [-0.4, -0.2) is 53.0 Å². The van der Waals surface area contributed by atoms with Crippen LogP contribution in [0.1, 0.15) is 15.9 Å². The highest BCUT2D eigenvalue weighted by Crippen LogP contribution is 2.28. The molecule has 3 aromatic carbocycles. The van der Waals surface area contributed by atoms with Gasteiger partial charge in [-0.25, -0.2) is 8.42 Å². The van der Waals surface area contributed by atoms with Crippen molar-refractivity contribution in [2.45, 2.75) is 11.4 Å². The van der Waals surface area contributed by atoms with Gasteiger partial charge in [-0.05, 0) is 54.1 Å². The van der Waals surface area contributed by atoms with E-state index in [0.717, 1.165) is 5.69 Å². The minimum absolute atomic E-state index is 0.0571. The molecule has 10 heteroatoms. The summed E-state index contributed by atoms with van der Waals surface area (Å²) in [5.74, 6) is -0.359. The highest BCUT2D eigenvalue weighted by Gasteiger charge is 2.26. The van der Waals surface area contributed by atoms with E-state index in [0.29, 0.717) is 26.9 Å². The quantitative estimate of drug-likeness (QED) is 0.388. The van der Waals surface area contributed by atoms with E-state index in [-0.39, 0.29) is 30.5 Å². The van der Waals surface area contributed by atoms with Crippen LogP contribution >= 0.6 is 23.2 Å². The minimum atomic E-state index is -3.88. The minimum Gasteiger partial charge on any atom is -0.383 e. The van der Waals surface area contributed by atoms with Crippen molar-refractivity contribution < 1.29 is 17.9 Å².